The molecule has 8 heteroatoms. The Kier molecular flexibility index (Phi) is 6.37. The van der Waals surface area contributed by atoms with Gasteiger partial charge in [0.15, 0.2) is 11.6 Å². The van der Waals surface area contributed by atoms with Gasteiger partial charge >= 0.3 is 0 Å². The Morgan fingerprint density at radius 1 is 1.00 bits per heavy atom. The lowest BCUT2D eigenvalue weighted by atomic mass is 9.99. The molecule has 0 N–H and O–H groups in total. The molecule has 2 aliphatic heterocycles. The number of nitrogens with zero attached hydrogens (tertiary/aromatic N) is 5. The smallest absolute Gasteiger partial charge is 0.227 e. The number of piperazine rings is 1. The van der Waals surface area contributed by atoms with Crippen LogP contribution in [0.15, 0.2) is 30.3 Å². The van der Waals surface area contributed by atoms with Crippen molar-refractivity contribution in [1.29, 1.82) is 0 Å². The minimum absolute atomic E-state index is 0.0194. The number of hydrogen-bond donors (Lipinski definition) is 0. The van der Waals surface area contributed by atoms with Crippen molar-refractivity contribution < 1.29 is 9.18 Å². The largest absolute Gasteiger partial charge is 0.355 e. The molecule has 1 amide bonds. The summed E-state index contributed by atoms with van der Waals surface area (Å²) < 4.78 is 14.0. The second kappa shape index (κ2) is 9.16. The summed E-state index contributed by atoms with van der Waals surface area (Å²) in [6, 6.07) is 8.53. The Balaban J connectivity index is 1.31. The van der Waals surface area contributed by atoms with E-state index < -0.39 is 5.82 Å². The Morgan fingerprint density at radius 3 is 2.17 bits per heavy atom. The Hall–Kier alpha value is -2.41. The first-order valence-corrected chi connectivity index (χ1v) is 10.9. The molecule has 0 spiro atoms. The van der Waals surface area contributed by atoms with Gasteiger partial charge in [-0.3, -0.25) is 4.79 Å². The van der Waals surface area contributed by atoms with E-state index in [0.29, 0.717) is 31.2 Å². The molecule has 6 nitrogen and oxygen atoms in total. The van der Waals surface area contributed by atoms with Crippen molar-refractivity contribution >= 4 is 29.1 Å². The minimum Gasteiger partial charge on any atom is -0.355 e. The van der Waals surface area contributed by atoms with Gasteiger partial charge < -0.3 is 14.7 Å². The van der Waals surface area contributed by atoms with Gasteiger partial charge in [0.2, 0.25) is 5.91 Å². The van der Waals surface area contributed by atoms with E-state index in [9.17, 15) is 9.18 Å². The lowest BCUT2D eigenvalue weighted by Crippen LogP contribution is -2.49. The molecule has 2 aliphatic rings. The SMILES string of the molecule is CC1CCN(c2ccc(N3CCN(C(=O)Cc4c(F)cccc4Cl)CC3)nn2)CC1. The summed E-state index contributed by atoms with van der Waals surface area (Å²) in [4.78, 5) is 18.8. The van der Waals surface area contributed by atoms with Crippen molar-refractivity contribution in [3.8, 4) is 0 Å². The molecule has 1 aromatic carbocycles. The van der Waals surface area contributed by atoms with E-state index in [4.69, 9.17) is 11.6 Å². The van der Waals surface area contributed by atoms with Gasteiger partial charge in [0, 0.05) is 49.9 Å². The van der Waals surface area contributed by atoms with E-state index in [1.54, 1.807) is 17.0 Å². The maximum Gasteiger partial charge on any atom is 0.227 e. The molecule has 0 unspecified atom stereocenters. The average molecular weight is 432 g/mol. The van der Waals surface area contributed by atoms with E-state index in [1.165, 1.54) is 18.9 Å². The number of carbonyl (C=O) groups is 1. The first-order chi connectivity index (χ1) is 14.5. The van der Waals surface area contributed by atoms with Crippen LogP contribution in [0.1, 0.15) is 25.3 Å². The molecule has 2 fully saturated rings. The molecular formula is C22H27ClFN5O. The van der Waals surface area contributed by atoms with Crippen molar-refractivity contribution in [2.75, 3.05) is 49.1 Å². The minimum atomic E-state index is -0.437. The number of hydrogen-bond acceptors (Lipinski definition) is 5. The topological polar surface area (TPSA) is 52.6 Å². The van der Waals surface area contributed by atoms with Gasteiger partial charge in [-0.25, -0.2) is 4.39 Å². The highest BCUT2D eigenvalue weighted by Crippen LogP contribution is 2.23. The molecule has 0 atom stereocenters. The Morgan fingerprint density at radius 2 is 1.60 bits per heavy atom. The summed E-state index contributed by atoms with van der Waals surface area (Å²) in [6.07, 6.45) is 2.36. The molecule has 0 bridgehead atoms. The van der Waals surface area contributed by atoms with Crippen LogP contribution in [0, 0.1) is 11.7 Å². The van der Waals surface area contributed by atoms with E-state index in [2.05, 4.69) is 26.9 Å². The number of carbonyl (C=O) groups excluding carboxylic acids is 1. The number of anilines is 2. The predicted octanol–water partition coefficient (Wildman–Crippen LogP) is 3.40. The number of halogens is 2. The van der Waals surface area contributed by atoms with E-state index in [1.807, 2.05) is 12.1 Å². The van der Waals surface area contributed by atoms with Gasteiger partial charge in [-0.05, 0) is 43.0 Å². The summed E-state index contributed by atoms with van der Waals surface area (Å²) in [7, 11) is 0. The quantitative estimate of drug-likeness (QED) is 0.742. The van der Waals surface area contributed by atoms with Crippen LogP contribution in [0.2, 0.25) is 5.02 Å². The summed E-state index contributed by atoms with van der Waals surface area (Å²) in [5, 5.41) is 9.14. The van der Waals surface area contributed by atoms with Crippen LogP contribution in [0.3, 0.4) is 0 Å². The van der Waals surface area contributed by atoms with Crippen molar-refractivity contribution in [1.82, 2.24) is 15.1 Å². The maximum absolute atomic E-state index is 14.0. The Labute approximate surface area is 181 Å². The van der Waals surface area contributed by atoms with E-state index in [0.717, 1.165) is 30.6 Å². The summed E-state index contributed by atoms with van der Waals surface area (Å²) in [5.41, 5.74) is 0.264. The van der Waals surface area contributed by atoms with Crippen LogP contribution in [0.25, 0.3) is 0 Å². The molecule has 30 heavy (non-hydrogen) atoms. The van der Waals surface area contributed by atoms with E-state index in [-0.39, 0.29) is 17.9 Å². The van der Waals surface area contributed by atoms with Gasteiger partial charge in [0.25, 0.3) is 0 Å². The second-order valence-corrected chi connectivity index (χ2v) is 8.57. The third-order valence-corrected chi connectivity index (χ3v) is 6.44. The van der Waals surface area contributed by atoms with Gasteiger partial charge in [0.1, 0.15) is 5.82 Å². The van der Waals surface area contributed by atoms with Crippen LogP contribution in [0.4, 0.5) is 16.0 Å². The molecule has 1 aromatic heterocycles. The third kappa shape index (κ3) is 4.67. The molecule has 3 heterocycles. The van der Waals surface area contributed by atoms with Crippen LogP contribution < -0.4 is 9.80 Å². The lowest BCUT2D eigenvalue weighted by Gasteiger charge is -2.35. The predicted molar refractivity (Wildman–Crippen MR) is 117 cm³/mol. The second-order valence-electron chi connectivity index (χ2n) is 8.16. The fourth-order valence-electron chi connectivity index (χ4n) is 4.04. The number of aromatic nitrogens is 2. The van der Waals surface area contributed by atoms with Crippen LogP contribution in [-0.2, 0) is 11.2 Å². The van der Waals surface area contributed by atoms with Crippen LogP contribution in [-0.4, -0.2) is 60.3 Å². The summed E-state index contributed by atoms with van der Waals surface area (Å²) in [6.45, 7) is 6.83. The standard InChI is InChI=1S/C22H27ClFN5O/c1-16-7-9-27(10-8-16)20-5-6-21(26-25-20)28-11-13-29(14-12-28)22(30)15-17-18(23)3-2-4-19(17)24/h2-6,16H,7-15H2,1H3. The first-order valence-electron chi connectivity index (χ1n) is 10.6. The highest BCUT2D eigenvalue weighted by atomic mass is 35.5. The highest BCUT2D eigenvalue weighted by Gasteiger charge is 2.24. The number of rotatable bonds is 4. The monoisotopic (exact) mass is 431 g/mol. The van der Waals surface area contributed by atoms with Gasteiger partial charge in [-0.1, -0.05) is 24.6 Å². The van der Waals surface area contributed by atoms with Gasteiger partial charge in [-0.15, -0.1) is 10.2 Å². The van der Waals surface area contributed by atoms with Crippen molar-refractivity contribution in [2.45, 2.75) is 26.2 Å². The van der Waals surface area contributed by atoms with Crippen molar-refractivity contribution in [2.24, 2.45) is 5.92 Å². The molecule has 160 valence electrons. The molecular weight excluding hydrogens is 405 g/mol. The highest BCUT2D eigenvalue weighted by molar-refractivity contribution is 6.31. The summed E-state index contributed by atoms with van der Waals surface area (Å²) >= 11 is 6.05. The van der Waals surface area contributed by atoms with E-state index >= 15 is 0 Å². The lowest BCUT2D eigenvalue weighted by molar-refractivity contribution is -0.130. The first kappa shape index (κ1) is 20.8. The zero-order valence-corrected chi connectivity index (χ0v) is 18.0. The zero-order valence-electron chi connectivity index (χ0n) is 17.2. The van der Waals surface area contributed by atoms with Gasteiger partial charge in [0.05, 0.1) is 6.42 Å². The molecule has 2 aromatic rings. The third-order valence-electron chi connectivity index (χ3n) is 6.09. The zero-order chi connectivity index (χ0) is 21.1. The molecule has 0 aliphatic carbocycles. The molecule has 0 saturated carbocycles. The van der Waals surface area contributed by atoms with Crippen LogP contribution >= 0.6 is 11.6 Å². The Bertz CT molecular complexity index is 857. The normalized spacial score (nSPS) is 18.0. The average Bonchev–Trinajstić information content (AvgIpc) is 2.77. The van der Waals surface area contributed by atoms with Crippen LogP contribution in [0.5, 0.6) is 0 Å². The fraction of sp³-hybridized carbons (Fsp3) is 0.500. The number of amides is 1. The number of benzene rings is 1. The van der Waals surface area contributed by atoms with Crippen molar-refractivity contribution in [3.63, 3.8) is 0 Å². The number of piperidine rings is 1. The van der Waals surface area contributed by atoms with Gasteiger partial charge in [-0.2, -0.15) is 0 Å². The molecule has 2 saturated heterocycles. The molecule has 4 rings (SSSR count). The molecule has 0 radical (unpaired) electrons. The maximum atomic E-state index is 14.0. The summed E-state index contributed by atoms with van der Waals surface area (Å²) in [5.74, 6) is 1.99. The van der Waals surface area contributed by atoms with Crippen molar-refractivity contribution in [3.05, 3.63) is 46.7 Å². The fourth-order valence-corrected chi connectivity index (χ4v) is 4.27.